The number of amides is 1. The molecule has 28 heavy (non-hydrogen) atoms. The molecular formula is C15H19F3N4O4S2. The lowest BCUT2D eigenvalue weighted by Crippen LogP contribution is -2.30. The maximum absolute atomic E-state index is 12.0. The van der Waals surface area contributed by atoms with Gasteiger partial charge in [-0.3, -0.25) is 0 Å². The van der Waals surface area contributed by atoms with Crippen LogP contribution in [0.25, 0.3) is 11.0 Å². The highest BCUT2D eigenvalue weighted by molar-refractivity contribution is 7.99. The third kappa shape index (κ3) is 6.27. The molecule has 2 aromatic rings. The summed E-state index contributed by atoms with van der Waals surface area (Å²) in [4.78, 5) is 15.6. The fourth-order valence-corrected chi connectivity index (χ4v) is 3.74. The number of halogens is 3. The van der Waals surface area contributed by atoms with Crippen molar-refractivity contribution in [1.82, 2.24) is 14.9 Å². The van der Waals surface area contributed by atoms with E-state index in [0.29, 0.717) is 23.0 Å². The number of primary sulfonamides is 1. The Kier molecular flexibility index (Phi) is 7.17. The van der Waals surface area contributed by atoms with E-state index in [1.54, 1.807) is 6.07 Å². The van der Waals surface area contributed by atoms with E-state index >= 15 is 0 Å². The van der Waals surface area contributed by atoms with Gasteiger partial charge in [0.15, 0.2) is 11.8 Å². The molecule has 0 atom stereocenters. The van der Waals surface area contributed by atoms with Crippen molar-refractivity contribution in [3.05, 3.63) is 18.2 Å². The molecule has 2 rings (SSSR count). The van der Waals surface area contributed by atoms with Crippen LogP contribution in [0.15, 0.2) is 28.3 Å². The number of nitrogens with zero attached hydrogens (tertiary/aromatic N) is 2. The number of aryl methyl sites for hydroxylation is 1. The lowest BCUT2D eigenvalue weighted by Gasteiger charge is -2.09. The number of nitrogens with one attached hydrogen (secondary N) is 1. The molecule has 156 valence electrons. The number of rotatable bonds is 8. The number of ether oxygens (including phenoxy) is 1. The van der Waals surface area contributed by atoms with Gasteiger partial charge in [0, 0.05) is 18.8 Å². The van der Waals surface area contributed by atoms with Crippen LogP contribution < -0.4 is 10.5 Å². The number of sulfonamides is 1. The molecule has 0 spiro atoms. The van der Waals surface area contributed by atoms with Gasteiger partial charge < -0.3 is 14.6 Å². The number of carbonyl (C=O) groups excluding carboxylic acids is 1. The molecule has 1 aromatic carbocycles. The molecule has 0 saturated heterocycles. The minimum Gasteiger partial charge on any atom is -0.440 e. The lowest BCUT2D eigenvalue weighted by molar-refractivity contribution is -0.160. The number of aromatic nitrogens is 2. The van der Waals surface area contributed by atoms with Crippen molar-refractivity contribution in [2.24, 2.45) is 5.14 Å². The van der Waals surface area contributed by atoms with Crippen LogP contribution in [0.4, 0.5) is 18.0 Å². The zero-order valence-corrected chi connectivity index (χ0v) is 16.5. The van der Waals surface area contributed by atoms with Crippen molar-refractivity contribution in [2.75, 3.05) is 18.9 Å². The Morgan fingerprint density at radius 3 is 2.71 bits per heavy atom. The number of alkyl carbamates (subject to hydrolysis) is 1. The lowest BCUT2D eigenvalue weighted by atomic mass is 10.3. The number of nitrogens with two attached hydrogens (primary N) is 1. The molecule has 3 N–H and O–H groups in total. The number of benzene rings is 1. The molecule has 0 bridgehead atoms. The zero-order chi connectivity index (χ0) is 20.9. The van der Waals surface area contributed by atoms with Gasteiger partial charge in [0.05, 0.1) is 15.9 Å². The first kappa shape index (κ1) is 22.3. The van der Waals surface area contributed by atoms with E-state index in [4.69, 9.17) is 5.14 Å². The van der Waals surface area contributed by atoms with Gasteiger partial charge in [-0.25, -0.2) is 23.3 Å². The molecule has 0 fully saturated rings. The molecular weight excluding hydrogens is 421 g/mol. The van der Waals surface area contributed by atoms with Gasteiger partial charge in [-0.1, -0.05) is 18.7 Å². The molecule has 0 saturated carbocycles. The van der Waals surface area contributed by atoms with Crippen molar-refractivity contribution in [2.45, 2.75) is 36.1 Å². The van der Waals surface area contributed by atoms with E-state index in [-0.39, 0.29) is 11.4 Å². The second kappa shape index (κ2) is 9.01. The highest BCUT2D eigenvalue weighted by Gasteiger charge is 2.29. The SMILES string of the molecule is CCCn1c(SCCNC(=O)OCC(F)(F)F)nc2cc(S(N)(=O)=O)ccc21. The molecule has 0 aliphatic carbocycles. The zero-order valence-electron chi connectivity index (χ0n) is 14.8. The van der Waals surface area contributed by atoms with Crippen LogP contribution in [0.3, 0.4) is 0 Å². The third-order valence-electron chi connectivity index (χ3n) is 3.43. The summed E-state index contributed by atoms with van der Waals surface area (Å²) < 4.78 is 64.9. The van der Waals surface area contributed by atoms with E-state index in [2.05, 4.69) is 15.0 Å². The summed E-state index contributed by atoms with van der Waals surface area (Å²) in [6, 6.07) is 4.40. The van der Waals surface area contributed by atoms with Crippen LogP contribution in [-0.4, -0.2) is 49.1 Å². The fraction of sp³-hybridized carbons (Fsp3) is 0.467. The number of hydrogen-bond donors (Lipinski definition) is 2. The summed E-state index contributed by atoms with van der Waals surface area (Å²) in [7, 11) is -3.85. The standard InChI is InChI=1S/C15H19F3N4O4S2/c1-2-6-22-12-4-3-10(28(19,24)25)8-11(12)21-13(22)27-7-5-20-14(23)26-9-15(16,17)18/h3-4,8H,2,5-7,9H2,1H3,(H,20,23)(H2,19,24,25). The fourth-order valence-electron chi connectivity index (χ4n) is 2.31. The van der Waals surface area contributed by atoms with Crippen LogP contribution in [0.1, 0.15) is 13.3 Å². The number of fused-ring (bicyclic) bond motifs is 1. The number of alkyl halides is 3. The summed E-state index contributed by atoms with van der Waals surface area (Å²) in [6.45, 7) is 1.02. The molecule has 1 aromatic heterocycles. The Balaban J connectivity index is 2.03. The first-order valence-corrected chi connectivity index (χ1v) is 10.7. The van der Waals surface area contributed by atoms with E-state index in [1.807, 2.05) is 11.5 Å². The number of thioether (sulfide) groups is 1. The van der Waals surface area contributed by atoms with Crippen LogP contribution in [-0.2, 0) is 21.3 Å². The van der Waals surface area contributed by atoms with Crippen molar-refractivity contribution in [1.29, 1.82) is 0 Å². The van der Waals surface area contributed by atoms with Crippen LogP contribution >= 0.6 is 11.8 Å². The smallest absolute Gasteiger partial charge is 0.422 e. The Hall–Kier alpha value is -1.99. The van der Waals surface area contributed by atoms with E-state index in [1.165, 1.54) is 23.9 Å². The van der Waals surface area contributed by atoms with E-state index in [0.717, 1.165) is 11.9 Å². The topological polar surface area (TPSA) is 116 Å². The molecule has 0 aliphatic rings. The largest absolute Gasteiger partial charge is 0.440 e. The molecule has 0 aliphatic heterocycles. The van der Waals surface area contributed by atoms with Gasteiger partial charge in [0.2, 0.25) is 10.0 Å². The Morgan fingerprint density at radius 1 is 1.39 bits per heavy atom. The maximum atomic E-state index is 12.0. The van der Waals surface area contributed by atoms with Gasteiger partial charge in [-0.2, -0.15) is 13.2 Å². The second-order valence-electron chi connectivity index (χ2n) is 5.71. The minimum atomic E-state index is -4.58. The van der Waals surface area contributed by atoms with Crippen molar-refractivity contribution >= 4 is 38.9 Å². The Bertz CT molecular complexity index is 945. The summed E-state index contributed by atoms with van der Waals surface area (Å²) in [5.41, 5.74) is 1.19. The molecule has 1 amide bonds. The summed E-state index contributed by atoms with van der Waals surface area (Å²) >= 11 is 1.27. The van der Waals surface area contributed by atoms with Gasteiger partial charge in [-0.05, 0) is 24.6 Å². The Labute approximate surface area is 163 Å². The van der Waals surface area contributed by atoms with Crippen molar-refractivity contribution in [3.8, 4) is 0 Å². The second-order valence-corrected chi connectivity index (χ2v) is 8.33. The third-order valence-corrected chi connectivity index (χ3v) is 5.32. The molecule has 0 unspecified atom stereocenters. The summed E-state index contributed by atoms with van der Waals surface area (Å²) in [5.74, 6) is 0.330. The molecule has 8 nitrogen and oxygen atoms in total. The van der Waals surface area contributed by atoms with Crippen LogP contribution in [0.5, 0.6) is 0 Å². The summed E-state index contributed by atoms with van der Waals surface area (Å²) in [6.07, 6.45) is -4.93. The summed E-state index contributed by atoms with van der Waals surface area (Å²) in [5, 5.41) is 7.96. The van der Waals surface area contributed by atoms with Crippen molar-refractivity contribution < 1.29 is 31.1 Å². The maximum Gasteiger partial charge on any atom is 0.422 e. The minimum absolute atomic E-state index is 0.0493. The predicted octanol–water partition coefficient (Wildman–Crippen LogP) is 2.47. The van der Waals surface area contributed by atoms with Gasteiger partial charge in [0.1, 0.15) is 0 Å². The normalized spacial score (nSPS) is 12.3. The quantitative estimate of drug-likeness (QED) is 0.481. The molecule has 13 heteroatoms. The first-order valence-electron chi connectivity index (χ1n) is 8.14. The Morgan fingerprint density at radius 2 is 2.11 bits per heavy atom. The van der Waals surface area contributed by atoms with Crippen LogP contribution in [0.2, 0.25) is 0 Å². The number of carbonyl (C=O) groups is 1. The van der Waals surface area contributed by atoms with E-state index < -0.39 is 28.9 Å². The molecule has 1 heterocycles. The highest BCUT2D eigenvalue weighted by Crippen LogP contribution is 2.26. The highest BCUT2D eigenvalue weighted by atomic mass is 32.2. The van der Waals surface area contributed by atoms with Crippen molar-refractivity contribution in [3.63, 3.8) is 0 Å². The first-order chi connectivity index (χ1) is 13.0. The van der Waals surface area contributed by atoms with Gasteiger partial charge in [-0.15, -0.1) is 0 Å². The average molecular weight is 440 g/mol. The van der Waals surface area contributed by atoms with Crippen LogP contribution in [0, 0.1) is 0 Å². The number of hydrogen-bond acceptors (Lipinski definition) is 6. The van der Waals surface area contributed by atoms with E-state index in [9.17, 15) is 26.4 Å². The molecule has 0 radical (unpaired) electrons. The number of imidazole rings is 1. The van der Waals surface area contributed by atoms with Gasteiger partial charge >= 0.3 is 12.3 Å². The average Bonchev–Trinajstić information content (AvgIpc) is 2.93. The monoisotopic (exact) mass is 440 g/mol. The predicted molar refractivity (Wildman–Crippen MR) is 97.5 cm³/mol. The van der Waals surface area contributed by atoms with Gasteiger partial charge in [0.25, 0.3) is 0 Å².